The van der Waals surface area contributed by atoms with Crippen molar-refractivity contribution in [1.82, 2.24) is 10.0 Å². The van der Waals surface area contributed by atoms with Gasteiger partial charge >= 0.3 is 0 Å². The lowest BCUT2D eigenvalue weighted by atomic mass is 9.78. The molecule has 1 heterocycles. The number of nitro benzene ring substituents is 1. The summed E-state index contributed by atoms with van der Waals surface area (Å²) in [7, 11) is 0. The minimum Gasteiger partial charge on any atom is -0.292 e. The van der Waals surface area contributed by atoms with Gasteiger partial charge in [-0.2, -0.15) is 5.01 Å². The summed E-state index contributed by atoms with van der Waals surface area (Å²) in [6.07, 6.45) is 4.05. The van der Waals surface area contributed by atoms with Crippen LogP contribution in [0.5, 0.6) is 0 Å². The quantitative estimate of drug-likeness (QED) is 0.186. The summed E-state index contributed by atoms with van der Waals surface area (Å²) in [5.74, 6) is -3.95. The number of benzene rings is 2. The number of ketones is 1. The number of nitro groups is 1. The number of halogens is 1. The van der Waals surface area contributed by atoms with Crippen LogP contribution in [0.2, 0.25) is 0 Å². The second-order valence-electron chi connectivity index (χ2n) is 8.24. The molecule has 0 saturated carbocycles. The van der Waals surface area contributed by atoms with E-state index in [9.17, 15) is 29.3 Å². The lowest BCUT2D eigenvalue weighted by Crippen LogP contribution is -2.52. The van der Waals surface area contributed by atoms with Gasteiger partial charge in [-0.05, 0) is 30.5 Å². The minimum atomic E-state index is -0.852. The average Bonchev–Trinajstić information content (AvgIpc) is 3.08. The first kappa shape index (κ1) is 23.5. The highest BCUT2D eigenvalue weighted by Gasteiger charge is 2.53. The van der Waals surface area contributed by atoms with Crippen molar-refractivity contribution in [2.24, 2.45) is 17.8 Å². The smallest absolute Gasteiger partial charge is 0.273 e. The number of rotatable bonds is 6. The van der Waals surface area contributed by atoms with E-state index in [1.165, 1.54) is 18.2 Å². The molecule has 0 spiro atoms. The molecule has 10 heteroatoms. The van der Waals surface area contributed by atoms with Crippen LogP contribution in [-0.4, -0.2) is 45.0 Å². The number of Topliss-reactive ketones (excluding diaryl/α,β-unsaturated/α-hetero) is 1. The molecule has 2 aromatic rings. The highest BCUT2D eigenvalue weighted by Crippen LogP contribution is 2.39. The Morgan fingerprint density at radius 3 is 2.47 bits per heavy atom. The van der Waals surface area contributed by atoms with Crippen LogP contribution in [0.4, 0.5) is 5.69 Å². The van der Waals surface area contributed by atoms with Crippen molar-refractivity contribution >= 4 is 45.1 Å². The highest BCUT2D eigenvalue weighted by molar-refractivity contribution is 9.10. The number of non-ortho nitro benzene ring substituents is 1. The lowest BCUT2D eigenvalue weighted by Gasteiger charge is -2.30. The van der Waals surface area contributed by atoms with Crippen LogP contribution in [-0.2, 0) is 9.59 Å². The second-order valence-corrected chi connectivity index (χ2v) is 9.16. The van der Waals surface area contributed by atoms with Crippen LogP contribution in [0.25, 0.3) is 0 Å². The normalized spacial score (nSPS) is 21.4. The van der Waals surface area contributed by atoms with E-state index >= 15 is 0 Å². The van der Waals surface area contributed by atoms with E-state index in [0.717, 1.165) is 20.6 Å². The molecular weight excluding hydrogens is 506 g/mol. The van der Waals surface area contributed by atoms with E-state index in [0.29, 0.717) is 6.42 Å². The molecule has 9 nitrogen and oxygen atoms in total. The van der Waals surface area contributed by atoms with Gasteiger partial charge in [-0.25, -0.2) is 5.01 Å². The van der Waals surface area contributed by atoms with E-state index in [1.807, 2.05) is 19.1 Å². The van der Waals surface area contributed by atoms with E-state index in [1.54, 1.807) is 24.3 Å². The molecule has 34 heavy (non-hydrogen) atoms. The summed E-state index contributed by atoms with van der Waals surface area (Å²) < 4.78 is 0.754. The first-order chi connectivity index (χ1) is 16.2. The fourth-order valence-electron chi connectivity index (χ4n) is 4.37. The molecule has 4 rings (SSSR count). The number of amides is 3. The topological polar surface area (TPSA) is 118 Å². The van der Waals surface area contributed by atoms with Crippen molar-refractivity contribution in [1.29, 1.82) is 0 Å². The van der Waals surface area contributed by atoms with Crippen LogP contribution in [0.15, 0.2) is 65.2 Å². The molecule has 2 aromatic carbocycles. The van der Waals surface area contributed by atoms with Crippen LogP contribution < -0.4 is 0 Å². The fraction of sp³-hybridized carbons (Fsp3) is 0.250. The molecule has 3 amide bonds. The fourth-order valence-corrected chi connectivity index (χ4v) is 4.63. The van der Waals surface area contributed by atoms with Crippen molar-refractivity contribution < 1.29 is 24.1 Å². The maximum absolute atomic E-state index is 13.5. The minimum absolute atomic E-state index is 0.112. The predicted octanol–water partition coefficient (Wildman–Crippen LogP) is 3.79. The Morgan fingerprint density at radius 1 is 1.12 bits per heavy atom. The van der Waals surface area contributed by atoms with Gasteiger partial charge in [0.05, 0.1) is 16.8 Å². The Kier molecular flexibility index (Phi) is 6.43. The van der Waals surface area contributed by atoms with Gasteiger partial charge in [-0.15, -0.1) is 0 Å². The van der Waals surface area contributed by atoms with Gasteiger partial charge in [0.2, 0.25) is 0 Å². The number of hydrogen-bond acceptors (Lipinski definition) is 6. The maximum Gasteiger partial charge on any atom is 0.273 e. The molecular formula is C24H20BrN3O6. The largest absolute Gasteiger partial charge is 0.292 e. The summed E-state index contributed by atoms with van der Waals surface area (Å²) in [5.41, 5.74) is -0.151. The lowest BCUT2D eigenvalue weighted by molar-refractivity contribution is -0.384. The number of nitrogens with zero attached hydrogens (tertiary/aromatic N) is 3. The summed E-state index contributed by atoms with van der Waals surface area (Å²) in [4.78, 5) is 63.7. The van der Waals surface area contributed by atoms with E-state index < -0.39 is 46.8 Å². The number of hydrazine groups is 1. The molecule has 3 atom stereocenters. The van der Waals surface area contributed by atoms with Crippen molar-refractivity contribution in [3.05, 3.63) is 86.4 Å². The van der Waals surface area contributed by atoms with Crippen molar-refractivity contribution in [3.63, 3.8) is 0 Å². The summed E-state index contributed by atoms with van der Waals surface area (Å²) >= 11 is 3.29. The number of carbonyl (C=O) groups is 4. The van der Waals surface area contributed by atoms with Gasteiger partial charge in [-0.3, -0.25) is 29.3 Å². The number of fused-ring (bicyclic) bond motifs is 1. The van der Waals surface area contributed by atoms with Crippen LogP contribution in [0.3, 0.4) is 0 Å². The molecule has 1 saturated heterocycles. The Hall–Kier alpha value is -3.66. The molecule has 1 fully saturated rings. The molecule has 1 aliphatic carbocycles. The maximum atomic E-state index is 13.5. The average molecular weight is 526 g/mol. The monoisotopic (exact) mass is 525 g/mol. The molecule has 2 aliphatic rings. The molecule has 0 aromatic heterocycles. The number of carbonyl (C=O) groups excluding carboxylic acids is 4. The van der Waals surface area contributed by atoms with Gasteiger partial charge in [0.25, 0.3) is 23.4 Å². The van der Waals surface area contributed by atoms with Gasteiger partial charge in [0.15, 0.2) is 5.78 Å². The summed E-state index contributed by atoms with van der Waals surface area (Å²) in [6.45, 7) is 1.24. The van der Waals surface area contributed by atoms with Crippen LogP contribution in [0, 0.1) is 27.9 Å². The molecule has 0 radical (unpaired) electrons. The second kappa shape index (κ2) is 9.30. The van der Waals surface area contributed by atoms with Crippen LogP contribution >= 0.6 is 15.9 Å². The Morgan fingerprint density at radius 2 is 1.82 bits per heavy atom. The third-order valence-corrected chi connectivity index (χ3v) is 6.62. The van der Waals surface area contributed by atoms with Gasteiger partial charge in [0, 0.05) is 27.7 Å². The Balaban J connectivity index is 1.73. The van der Waals surface area contributed by atoms with E-state index in [2.05, 4.69) is 15.9 Å². The van der Waals surface area contributed by atoms with Crippen molar-refractivity contribution in [2.45, 2.75) is 13.3 Å². The Bertz CT molecular complexity index is 1230. The Labute approximate surface area is 203 Å². The van der Waals surface area contributed by atoms with E-state index in [4.69, 9.17) is 0 Å². The van der Waals surface area contributed by atoms with Crippen molar-refractivity contribution in [2.75, 3.05) is 6.54 Å². The number of imide groups is 1. The standard InChI is InChI=1S/C24H20BrN3O6/c1-14-4-2-7-19-21(14)24(32)27(23(19)31)26(13-20(29)15-8-10-17(25)11-9-15)22(30)16-5-3-6-18(12-16)28(33)34/h2-6,8-12,14,19,21H,7,13H2,1H3/t14-,19-,21-/m1/s1. The number of allylic oxidation sites excluding steroid dienone is 2. The molecule has 174 valence electrons. The van der Waals surface area contributed by atoms with Crippen LogP contribution in [0.1, 0.15) is 34.1 Å². The van der Waals surface area contributed by atoms with Crippen molar-refractivity contribution in [3.8, 4) is 0 Å². The zero-order valence-corrected chi connectivity index (χ0v) is 19.7. The molecule has 0 N–H and O–H groups in total. The molecule has 0 bridgehead atoms. The summed E-state index contributed by atoms with van der Waals surface area (Å²) in [6, 6.07) is 11.4. The third-order valence-electron chi connectivity index (χ3n) is 6.09. The van der Waals surface area contributed by atoms with Gasteiger partial charge in [0.1, 0.15) is 6.54 Å². The first-order valence-electron chi connectivity index (χ1n) is 10.6. The van der Waals surface area contributed by atoms with Gasteiger partial charge < -0.3 is 0 Å². The third kappa shape index (κ3) is 4.28. The zero-order valence-electron chi connectivity index (χ0n) is 18.1. The number of hydrogen-bond donors (Lipinski definition) is 0. The molecule has 1 aliphatic heterocycles. The van der Waals surface area contributed by atoms with Gasteiger partial charge in [-0.1, -0.05) is 53.2 Å². The highest BCUT2D eigenvalue weighted by atomic mass is 79.9. The SMILES string of the molecule is C[C@@H]1C=CC[C@H]2C(=O)N(N(CC(=O)c3ccc(Br)cc3)C(=O)c3cccc([N+](=O)[O-])c3)C(=O)[C@H]12. The summed E-state index contributed by atoms with van der Waals surface area (Å²) in [5, 5.41) is 12.8. The zero-order chi connectivity index (χ0) is 24.6. The first-order valence-corrected chi connectivity index (χ1v) is 11.4. The molecule has 0 unspecified atom stereocenters. The van der Waals surface area contributed by atoms with E-state index in [-0.39, 0.29) is 22.7 Å². The predicted molar refractivity (Wildman–Crippen MR) is 124 cm³/mol.